The second kappa shape index (κ2) is 14.1. The number of carbonyl (C=O) groups excluding carboxylic acids is 2. The highest BCUT2D eigenvalue weighted by Crippen LogP contribution is 2.39. The molecule has 0 saturated carbocycles. The van der Waals surface area contributed by atoms with Gasteiger partial charge in [-0.3, -0.25) is 9.59 Å². The van der Waals surface area contributed by atoms with Crippen LogP contribution >= 0.6 is 0 Å². The SMILES string of the molecule is C=CC(=O)N1CCN(c2nc(NCCN(CC)CC)nc(C=O)c2/C=C(\N(C)c2c(O)cccc2F)C(F)(F)F)CC1. The number of anilines is 3. The molecule has 3 rings (SSSR count). The predicted octanol–water partition coefficient (Wildman–Crippen LogP) is 3.76. The number of allylic oxidation sites excluding steroid dienone is 1. The lowest BCUT2D eigenvalue weighted by atomic mass is 10.1. The first kappa shape index (κ1) is 32.3. The van der Waals surface area contributed by atoms with Gasteiger partial charge in [0.25, 0.3) is 0 Å². The summed E-state index contributed by atoms with van der Waals surface area (Å²) < 4.78 is 57.9. The van der Waals surface area contributed by atoms with Gasteiger partial charge in [0.1, 0.15) is 28.6 Å². The molecule has 2 heterocycles. The number of rotatable bonds is 12. The number of aromatic nitrogens is 2. The highest BCUT2D eigenvalue weighted by molar-refractivity contribution is 5.88. The monoisotopic (exact) mass is 593 g/mol. The first-order valence-electron chi connectivity index (χ1n) is 13.4. The van der Waals surface area contributed by atoms with E-state index in [-0.39, 0.29) is 55.1 Å². The normalized spacial score (nSPS) is 14.2. The van der Waals surface area contributed by atoms with Crippen LogP contribution in [0.5, 0.6) is 5.75 Å². The minimum Gasteiger partial charge on any atom is -0.506 e. The molecular formula is C28H35F4N7O3. The summed E-state index contributed by atoms with van der Waals surface area (Å²) in [6, 6.07) is 3.16. The summed E-state index contributed by atoms with van der Waals surface area (Å²) in [6.07, 6.45) is -2.85. The molecule has 0 atom stereocenters. The number of alkyl halides is 3. The number of phenolic OH excluding ortho intramolecular Hbond substituents is 1. The molecule has 0 radical (unpaired) electrons. The number of nitrogens with zero attached hydrogens (tertiary/aromatic N) is 6. The van der Waals surface area contributed by atoms with E-state index in [4.69, 9.17) is 0 Å². The van der Waals surface area contributed by atoms with Gasteiger partial charge in [-0.25, -0.2) is 9.37 Å². The van der Waals surface area contributed by atoms with E-state index in [9.17, 15) is 32.3 Å². The summed E-state index contributed by atoms with van der Waals surface area (Å²) >= 11 is 0. The third-order valence-corrected chi connectivity index (χ3v) is 6.97. The first-order chi connectivity index (χ1) is 19.9. The number of aldehydes is 1. The van der Waals surface area contributed by atoms with Gasteiger partial charge < -0.3 is 30.0 Å². The van der Waals surface area contributed by atoms with Gasteiger partial charge in [-0.2, -0.15) is 18.2 Å². The molecule has 2 aromatic rings. The Kier molecular flexibility index (Phi) is 10.9. The van der Waals surface area contributed by atoms with Crippen LogP contribution in [0.2, 0.25) is 0 Å². The van der Waals surface area contributed by atoms with Gasteiger partial charge >= 0.3 is 6.18 Å². The van der Waals surface area contributed by atoms with Crippen LogP contribution in [0.3, 0.4) is 0 Å². The Morgan fingerprint density at radius 3 is 2.38 bits per heavy atom. The third-order valence-electron chi connectivity index (χ3n) is 6.97. The number of carbonyl (C=O) groups is 2. The summed E-state index contributed by atoms with van der Waals surface area (Å²) in [5.41, 5.74) is -2.61. The van der Waals surface area contributed by atoms with Crippen LogP contribution in [-0.4, -0.2) is 103 Å². The van der Waals surface area contributed by atoms with Gasteiger partial charge in [0.05, 0.1) is 0 Å². The lowest BCUT2D eigenvalue weighted by molar-refractivity contribution is -0.126. The topological polar surface area (TPSA) is 105 Å². The Balaban J connectivity index is 2.13. The van der Waals surface area contributed by atoms with Gasteiger partial charge in [-0.15, -0.1) is 0 Å². The summed E-state index contributed by atoms with van der Waals surface area (Å²) in [4.78, 5) is 38.8. The van der Waals surface area contributed by atoms with Gasteiger partial charge in [-0.1, -0.05) is 26.5 Å². The Morgan fingerprint density at radius 1 is 1.17 bits per heavy atom. The van der Waals surface area contributed by atoms with E-state index in [1.165, 1.54) is 6.08 Å². The number of aromatic hydroxyl groups is 1. The average molecular weight is 594 g/mol. The van der Waals surface area contributed by atoms with Crippen LogP contribution in [0, 0.1) is 5.82 Å². The third kappa shape index (κ3) is 7.55. The van der Waals surface area contributed by atoms with Crippen LogP contribution in [-0.2, 0) is 4.79 Å². The molecule has 1 amide bonds. The molecule has 0 bridgehead atoms. The molecule has 10 nitrogen and oxygen atoms in total. The van der Waals surface area contributed by atoms with E-state index >= 15 is 0 Å². The van der Waals surface area contributed by atoms with Crippen molar-refractivity contribution in [1.29, 1.82) is 0 Å². The van der Waals surface area contributed by atoms with Crippen LogP contribution in [0.1, 0.15) is 29.9 Å². The zero-order valence-electron chi connectivity index (χ0n) is 23.8. The van der Waals surface area contributed by atoms with Crippen molar-refractivity contribution in [2.75, 3.05) is 74.5 Å². The number of amides is 1. The maximum atomic E-state index is 14.6. The summed E-state index contributed by atoms with van der Waals surface area (Å²) in [5, 5.41) is 13.2. The highest BCUT2D eigenvalue weighted by atomic mass is 19.4. The van der Waals surface area contributed by atoms with Crippen LogP contribution in [0.4, 0.5) is 35.0 Å². The fourth-order valence-corrected chi connectivity index (χ4v) is 4.62. The van der Waals surface area contributed by atoms with Gasteiger partial charge in [0.2, 0.25) is 11.9 Å². The Morgan fingerprint density at radius 2 is 1.83 bits per heavy atom. The second-order valence-electron chi connectivity index (χ2n) is 9.45. The molecule has 1 aliphatic rings. The number of benzene rings is 1. The molecule has 1 saturated heterocycles. The number of phenols is 1. The zero-order chi connectivity index (χ0) is 31.0. The fraction of sp³-hybridized carbons (Fsp3) is 0.429. The van der Waals surface area contributed by atoms with Crippen molar-refractivity contribution >= 4 is 35.7 Å². The molecule has 1 fully saturated rings. The van der Waals surface area contributed by atoms with Crippen molar-refractivity contribution in [2.45, 2.75) is 20.0 Å². The number of hydrogen-bond acceptors (Lipinski definition) is 9. The number of piperazine rings is 1. The molecule has 14 heteroatoms. The minimum atomic E-state index is -5.03. The average Bonchev–Trinajstić information content (AvgIpc) is 2.97. The smallest absolute Gasteiger partial charge is 0.431 e. The molecule has 2 N–H and O–H groups in total. The Bertz CT molecular complexity index is 1290. The summed E-state index contributed by atoms with van der Waals surface area (Å²) in [7, 11) is 0.960. The summed E-state index contributed by atoms with van der Waals surface area (Å²) in [5.74, 6) is -1.97. The molecule has 1 aromatic heterocycles. The van der Waals surface area contributed by atoms with Crippen molar-refractivity contribution in [3.05, 3.63) is 53.6 Å². The molecule has 1 aromatic carbocycles. The van der Waals surface area contributed by atoms with E-state index in [1.54, 1.807) is 9.80 Å². The molecule has 1 aliphatic heterocycles. The molecule has 228 valence electrons. The quantitative estimate of drug-likeness (QED) is 0.216. The van der Waals surface area contributed by atoms with E-state index in [0.717, 1.165) is 38.3 Å². The van der Waals surface area contributed by atoms with Gasteiger partial charge in [0, 0.05) is 51.9 Å². The van der Waals surface area contributed by atoms with Crippen LogP contribution in [0.25, 0.3) is 6.08 Å². The van der Waals surface area contributed by atoms with E-state index < -0.39 is 29.1 Å². The van der Waals surface area contributed by atoms with Crippen molar-refractivity contribution in [3.8, 4) is 5.75 Å². The fourth-order valence-electron chi connectivity index (χ4n) is 4.62. The van der Waals surface area contributed by atoms with Crippen molar-refractivity contribution in [2.24, 2.45) is 0 Å². The number of hydrogen-bond donors (Lipinski definition) is 2. The van der Waals surface area contributed by atoms with Crippen molar-refractivity contribution in [3.63, 3.8) is 0 Å². The first-order valence-corrected chi connectivity index (χ1v) is 13.4. The lowest BCUT2D eigenvalue weighted by Crippen LogP contribution is -2.49. The largest absolute Gasteiger partial charge is 0.506 e. The minimum absolute atomic E-state index is 0.0380. The van der Waals surface area contributed by atoms with Crippen LogP contribution in [0.15, 0.2) is 36.6 Å². The van der Waals surface area contributed by atoms with Gasteiger partial charge in [0.15, 0.2) is 12.1 Å². The zero-order valence-corrected chi connectivity index (χ0v) is 23.8. The van der Waals surface area contributed by atoms with Crippen molar-refractivity contribution < 1.29 is 32.3 Å². The molecule has 0 unspecified atom stereocenters. The van der Waals surface area contributed by atoms with E-state index in [1.807, 2.05) is 13.8 Å². The summed E-state index contributed by atoms with van der Waals surface area (Å²) in [6.45, 7) is 11.1. The second-order valence-corrected chi connectivity index (χ2v) is 9.45. The maximum absolute atomic E-state index is 14.6. The Hall–Kier alpha value is -4.20. The molecular weight excluding hydrogens is 558 g/mol. The van der Waals surface area contributed by atoms with Crippen molar-refractivity contribution in [1.82, 2.24) is 19.8 Å². The maximum Gasteiger partial charge on any atom is 0.431 e. The van der Waals surface area contributed by atoms with E-state index in [2.05, 4.69) is 26.8 Å². The van der Waals surface area contributed by atoms with Gasteiger partial charge in [-0.05, 0) is 37.4 Å². The number of likely N-dealkylation sites (N-methyl/N-ethyl adjacent to an activating group) is 1. The van der Waals surface area contributed by atoms with E-state index in [0.29, 0.717) is 30.4 Å². The lowest BCUT2D eigenvalue weighted by Gasteiger charge is -2.36. The number of para-hydroxylation sites is 1. The molecule has 0 aliphatic carbocycles. The standard InChI is InChI=1S/C28H35F4N7O3/c1-5-24(42)38-13-15-39(16-14-38)26-19(21(18-40)34-27(35-26)33-11-12-37(6-2)7-3)17-23(28(30,31)32)36(4)25-20(29)9-8-10-22(25)41/h5,8-10,17-18,41H,1,6-7,11-16H2,2-4H3,(H,33,34,35)/b23-17-. The molecule has 42 heavy (non-hydrogen) atoms. The highest BCUT2D eigenvalue weighted by Gasteiger charge is 2.39. The Labute approximate surface area is 241 Å². The predicted molar refractivity (Wildman–Crippen MR) is 153 cm³/mol. The molecule has 0 spiro atoms. The number of halogens is 4. The number of nitrogens with one attached hydrogen (secondary N) is 1. The van der Waals surface area contributed by atoms with Crippen LogP contribution < -0.4 is 15.1 Å².